The Balaban J connectivity index is 2.41. The molecule has 0 amide bonds. The Morgan fingerprint density at radius 1 is 1.35 bits per heavy atom. The van der Waals surface area contributed by atoms with Crippen LogP contribution in [0.2, 0.25) is 10.2 Å². The lowest BCUT2D eigenvalue weighted by Gasteiger charge is -2.03. The average Bonchev–Trinajstić information content (AvgIpc) is 2.64. The minimum Gasteiger partial charge on any atom is -0.378 e. The summed E-state index contributed by atoms with van der Waals surface area (Å²) in [6.07, 6.45) is 0. The van der Waals surface area contributed by atoms with Crippen LogP contribution >= 0.6 is 23.2 Å². The van der Waals surface area contributed by atoms with E-state index < -0.39 is 5.82 Å². The molecule has 0 radical (unpaired) electrons. The lowest BCUT2D eigenvalue weighted by molar-refractivity contribution is 0.181. The number of halogens is 3. The Kier molecular flexibility index (Phi) is 3.66. The molecule has 3 nitrogen and oxygen atoms in total. The fourth-order valence-corrected chi connectivity index (χ4v) is 1.80. The molecule has 0 atom stereocenters. The highest BCUT2D eigenvalue weighted by Crippen LogP contribution is 2.22. The van der Waals surface area contributed by atoms with Crippen LogP contribution in [0.25, 0.3) is 5.69 Å². The molecule has 0 aliphatic heterocycles. The zero-order valence-corrected chi connectivity index (χ0v) is 10.5. The Hall–Kier alpha value is -1.10. The number of aromatic nitrogens is 2. The van der Waals surface area contributed by atoms with Gasteiger partial charge >= 0.3 is 0 Å². The van der Waals surface area contributed by atoms with Gasteiger partial charge in [0, 0.05) is 19.2 Å². The Morgan fingerprint density at radius 3 is 2.76 bits per heavy atom. The van der Waals surface area contributed by atoms with E-state index in [4.69, 9.17) is 27.9 Å². The van der Waals surface area contributed by atoms with Gasteiger partial charge in [-0.2, -0.15) is 5.10 Å². The molecule has 1 heterocycles. The van der Waals surface area contributed by atoms with Gasteiger partial charge in [0.2, 0.25) is 0 Å². The van der Waals surface area contributed by atoms with Crippen molar-refractivity contribution in [3.63, 3.8) is 0 Å². The van der Waals surface area contributed by atoms with Crippen LogP contribution in [0, 0.1) is 5.82 Å². The Morgan fingerprint density at radius 2 is 2.12 bits per heavy atom. The minimum atomic E-state index is -0.510. The van der Waals surface area contributed by atoms with E-state index in [2.05, 4.69) is 5.10 Å². The molecular weight excluding hydrogens is 266 g/mol. The van der Waals surface area contributed by atoms with Crippen molar-refractivity contribution in [2.24, 2.45) is 0 Å². The van der Waals surface area contributed by atoms with Crippen molar-refractivity contribution in [1.29, 1.82) is 0 Å². The van der Waals surface area contributed by atoms with Crippen LogP contribution < -0.4 is 0 Å². The van der Waals surface area contributed by atoms with Gasteiger partial charge in [-0.15, -0.1) is 0 Å². The largest absolute Gasteiger partial charge is 0.378 e. The molecule has 0 aliphatic carbocycles. The quantitative estimate of drug-likeness (QED) is 0.857. The first-order valence-corrected chi connectivity index (χ1v) is 5.56. The van der Waals surface area contributed by atoms with Crippen LogP contribution in [0.4, 0.5) is 4.39 Å². The maximum atomic E-state index is 13.3. The molecule has 0 saturated carbocycles. The van der Waals surface area contributed by atoms with E-state index in [0.717, 1.165) is 0 Å². The summed E-state index contributed by atoms with van der Waals surface area (Å²) in [6, 6.07) is 6.04. The van der Waals surface area contributed by atoms with Gasteiger partial charge < -0.3 is 4.74 Å². The van der Waals surface area contributed by atoms with Gasteiger partial charge in [0.1, 0.15) is 11.0 Å². The number of nitrogens with zero attached hydrogens (tertiary/aromatic N) is 2. The number of benzene rings is 1. The van der Waals surface area contributed by atoms with Gasteiger partial charge in [0.25, 0.3) is 0 Å². The first-order chi connectivity index (χ1) is 8.11. The van der Waals surface area contributed by atoms with Crippen LogP contribution in [0.15, 0.2) is 24.3 Å². The van der Waals surface area contributed by atoms with Gasteiger partial charge in [0.05, 0.1) is 23.0 Å². The summed E-state index contributed by atoms with van der Waals surface area (Å²) >= 11 is 11.6. The molecule has 2 aromatic rings. The van der Waals surface area contributed by atoms with Crippen molar-refractivity contribution in [2.45, 2.75) is 6.61 Å². The molecule has 17 heavy (non-hydrogen) atoms. The number of hydrogen-bond donors (Lipinski definition) is 0. The zero-order valence-electron chi connectivity index (χ0n) is 8.95. The number of hydrogen-bond acceptors (Lipinski definition) is 2. The van der Waals surface area contributed by atoms with E-state index in [0.29, 0.717) is 23.1 Å². The third kappa shape index (κ3) is 2.60. The molecule has 0 bridgehead atoms. The van der Waals surface area contributed by atoms with Crippen LogP contribution in [-0.2, 0) is 11.3 Å². The van der Waals surface area contributed by atoms with E-state index >= 15 is 0 Å². The molecule has 0 saturated heterocycles. The van der Waals surface area contributed by atoms with Crippen LogP contribution in [0.1, 0.15) is 5.69 Å². The molecular formula is C11H9Cl2FN2O. The third-order valence-electron chi connectivity index (χ3n) is 2.16. The van der Waals surface area contributed by atoms with Gasteiger partial charge in [-0.3, -0.25) is 0 Å². The Labute approximate surface area is 108 Å². The molecule has 0 unspecified atom stereocenters. The third-order valence-corrected chi connectivity index (χ3v) is 2.73. The summed E-state index contributed by atoms with van der Waals surface area (Å²) < 4.78 is 19.7. The summed E-state index contributed by atoms with van der Waals surface area (Å²) in [5, 5.41) is 4.64. The van der Waals surface area contributed by atoms with E-state index in [9.17, 15) is 4.39 Å². The van der Waals surface area contributed by atoms with Gasteiger partial charge in [-0.25, -0.2) is 9.07 Å². The molecule has 0 fully saturated rings. The standard InChI is InChI=1S/C11H9Cl2FN2O/c1-17-6-7-4-11(13)16(15-7)8-2-3-9(12)10(14)5-8/h2-5H,6H2,1H3. The lowest BCUT2D eigenvalue weighted by Crippen LogP contribution is -1.99. The molecule has 0 N–H and O–H groups in total. The summed E-state index contributed by atoms with van der Waals surface area (Å²) in [5.41, 5.74) is 1.19. The maximum Gasteiger partial charge on any atom is 0.143 e. The fourth-order valence-electron chi connectivity index (χ4n) is 1.42. The van der Waals surface area contributed by atoms with Crippen molar-refractivity contribution in [3.8, 4) is 5.69 Å². The average molecular weight is 275 g/mol. The first kappa shape index (κ1) is 12.4. The summed E-state index contributed by atoms with van der Waals surface area (Å²) in [6.45, 7) is 0.350. The predicted molar refractivity (Wildman–Crippen MR) is 64.3 cm³/mol. The predicted octanol–water partition coefficient (Wildman–Crippen LogP) is 3.46. The normalized spacial score (nSPS) is 10.8. The molecule has 0 aliphatic rings. The van der Waals surface area contributed by atoms with E-state index in [1.165, 1.54) is 16.8 Å². The van der Waals surface area contributed by atoms with Gasteiger partial charge in [-0.05, 0) is 12.1 Å². The highest BCUT2D eigenvalue weighted by Gasteiger charge is 2.09. The Bertz CT molecular complexity index is 542. The van der Waals surface area contributed by atoms with Crippen LogP contribution in [0.5, 0.6) is 0 Å². The van der Waals surface area contributed by atoms with E-state index in [-0.39, 0.29) is 5.02 Å². The molecule has 6 heteroatoms. The second-order valence-corrected chi connectivity index (χ2v) is 4.20. The number of rotatable bonds is 3. The summed E-state index contributed by atoms with van der Waals surface area (Å²) in [4.78, 5) is 0. The van der Waals surface area contributed by atoms with Crippen molar-refractivity contribution >= 4 is 23.2 Å². The molecule has 0 spiro atoms. The SMILES string of the molecule is COCc1cc(Cl)n(-c2ccc(Cl)c(F)c2)n1. The monoisotopic (exact) mass is 274 g/mol. The van der Waals surface area contributed by atoms with E-state index in [1.807, 2.05) is 0 Å². The molecule has 1 aromatic carbocycles. The van der Waals surface area contributed by atoms with E-state index in [1.54, 1.807) is 19.2 Å². The highest BCUT2D eigenvalue weighted by atomic mass is 35.5. The molecule has 1 aromatic heterocycles. The molecule has 2 rings (SSSR count). The first-order valence-electron chi connectivity index (χ1n) is 4.80. The second kappa shape index (κ2) is 5.04. The summed E-state index contributed by atoms with van der Waals surface area (Å²) in [7, 11) is 1.56. The van der Waals surface area contributed by atoms with Crippen LogP contribution in [-0.4, -0.2) is 16.9 Å². The van der Waals surface area contributed by atoms with Gasteiger partial charge in [0.15, 0.2) is 0 Å². The van der Waals surface area contributed by atoms with Crippen molar-refractivity contribution in [3.05, 3.63) is 46.0 Å². The number of ether oxygens (including phenoxy) is 1. The lowest BCUT2D eigenvalue weighted by atomic mass is 10.3. The topological polar surface area (TPSA) is 27.1 Å². The minimum absolute atomic E-state index is 0.0640. The fraction of sp³-hybridized carbons (Fsp3) is 0.182. The smallest absolute Gasteiger partial charge is 0.143 e. The highest BCUT2D eigenvalue weighted by molar-refractivity contribution is 6.31. The van der Waals surface area contributed by atoms with Crippen molar-refractivity contribution in [1.82, 2.24) is 9.78 Å². The summed E-state index contributed by atoms with van der Waals surface area (Å²) in [5.74, 6) is -0.510. The van der Waals surface area contributed by atoms with Crippen molar-refractivity contribution in [2.75, 3.05) is 7.11 Å². The van der Waals surface area contributed by atoms with Gasteiger partial charge in [-0.1, -0.05) is 23.2 Å². The second-order valence-electron chi connectivity index (χ2n) is 3.40. The maximum absolute atomic E-state index is 13.3. The zero-order chi connectivity index (χ0) is 12.4. The molecule has 90 valence electrons. The number of methoxy groups -OCH3 is 1. The van der Waals surface area contributed by atoms with Crippen LogP contribution in [0.3, 0.4) is 0 Å². The van der Waals surface area contributed by atoms with Crippen molar-refractivity contribution < 1.29 is 9.13 Å².